The van der Waals surface area contributed by atoms with Crippen molar-refractivity contribution in [3.8, 4) is 5.75 Å². The second-order valence-corrected chi connectivity index (χ2v) is 6.95. The van der Waals surface area contributed by atoms with Crippen LogP contribution in [0, 0.1) is 0 Å². The molecule has 2 aromatic rings. The van der Waals surface area contributed by atoms with Crippen LogP contribution in [0.15, 0.2) is 54.6 Å². The normalized spacial score (nSPS) is 14.8. The van der Waals surface area contributed by atoms with E-state index in [2.05, 4.69) is 15.5 Å². The number of hydrogen-bond acceptors (Lipinski definition) is 5. The van der Waals surface area contributed by atoms with E-state index in [4.69, 9.17) is 21.7 Å². The molecule has 1 atom stereocenters. The molecule has 0 bridgehead atoms. The van der Waals surface area contributed by atoms with Crippen molar-refractivity contribution in [3.05, 3.63) is 65.7 Å². The van der Waals surface area contributed by atoms with Crippen LogP contribution in [0.2, 0.25) is 0 Å². The summed E-state index contributed by atoms with van der Waals surface area (Å²) in [5.74, 6) is 0.478. The van der Waals surface area contributed by atoms with Gasteiger partial charge in [-0.3, -0.25) is 0 Å². The van der Waals surface area contributed by atoms with Crippen LogP contribution in [0.5, 0.6) is 5.75 Å². The Balaban J connectivity index is 1.44. The number of nitrogens with one attached hydrogen (secondary N) is 2. The smallest absolute Gasteiger partial charge is 0.413 e. The van der Waals surface area contributed by atoms with E-state index in [1.54, 1.807) is 12.1 Å². The zero-order chi connectivity index (χ0) is 19.8. The first kappa shape index (κ1) is 20.1. The molecule has 1 aliphatic rings. The van der Waals surface area contributed by atoms with Crippen molar-refractivity contribution in [1.29, 1.82) is 0 Å². The Hall–Kier alpha value is -2.64. The lowest BCUT2D eigenvalue weighted by Gasteiger charge is -2.28. The number of ether oxygens (including phenoxy) is 2. The topological polar surface area (TPSA) is 62.8 Å². The second-order valence-electron chi connectivity index (χ2n) is 6.60. The predicted molar refractivity (Wildman–Crippen MR) is 112 cm³/mol. The Morgan fingerprint density at radius 1 is 1.14 bits per heavy atom. The van der Waals surface area contributed by atoms with Gasteiger partial charge in [-0.2, -0.15) is 0 Å². The highest BCUT2D eigenvalue weighted by Gasteiger charge is 2.14. The van der Waals surface area contributed by atoms with Gasteiger partial charge in [0.25, 0.3) is 5.17 Å². The number of piperazine rings is 1. The zero-order valence-electron chi connectivity index (χ0n) is 15.9. The number of rotatable bonds is 5. The molecule has 1 fully saturated rings. The molecule has 2 aromatic carbocycles. The number of benzene rings is 2. The van der Waals surface area contributed by atoms with Crippen molar-refractivity contribution in [3.63, 3.8) is 0 Å². The molecule has 1 saturated heterocycles. The van der Waals surface area contributed by atoms with Crippen LogP contribution in [0.1, 0.15) is 24.1 Å². The molecular formula is C21H25N3O3S. The average Bonchev–Trinajstić information content (AvgIpc) is 2.74. The average molecular weight is 400 g/mol. The Morgan fingerprint density at radius 3 is 2.50 bits per heavy atom. The minimum atomic E-state index is -0.486. The fourth-order valence-electron chi connectivity index (χ4n) is 2.88. The lowest BCUT2D eigenvalue weighted by molar-refractivity contribution is 0.197. The summed E-state index contributed by atoms with van der Waals surface area (Å²) in [7, 11) is 0. The molecule has 0 spiro atoms. The summed E-state index contributed by atoms with van der Waals surface area (Å²) in [5, 5.41) is 6.63. The third-order valence-corrected chi connectivity index (χ3v) is 4.88. The number of carbonyl (C=O) groups excluding carboxylic acids is 1. The highest BCUT2D eigenvalue weighted by atomic mass is 32.1. The van der Waals surface area contributed by atoms with Crippen molar-refractivity contribution < 1.29 is 14.3 Å². The Morgan fingerprint density at radius 2 is 1.82 bits per heavy atom. The van der Waals surface area contributed by atoms with E-state index in [0.29, 0.717) is 17.5 Å². The number of nitrogens with zero attached hydrogens (tertiary/aromatic N) is 1. The van der Waals surface area contributed by atoms with Gasteiger partial charge in [-0.25, -0.2) is 4.79 Å². The van der Waals surface area contributed by atoms with Gasteiger partial charge >= 0.3 is 6.09 Å². The third-order valence-electron chi connectivity index (χ3n) is 4.51. The first-order valence-corrected chi connectivity index (χ1v) is 9.77. The van der Waals surface area contributed by atoms with Gasteiger partial charge < -0.3 is 25.0 Å². The molecule has 0 aromatic heterocycles. The molecule has 3 rings (SSSR count). The summed E-state index contributed by atoms with van der Waals surface area (Å²) in [6, 6.07) is 16.8. The van der Waals surface area contributed by atoms with Crippen LogP contribution < -0.4 is 15.4 Å². The Bertz CT molecular complexity index is 777. The van der Waals surface area contributed by atoms with E-state index in [1.807, 2.05) is 49.4 Å². The molecule has 2 N–H and O–H groups in total. The number of thiocarbonyl (C=S) groups is 1. The van der Waals surface area contributed by atoms with Crippen molar-refractivity contribution in [1.82, 2.24) is 15.5 Å². The van der Waals surface area contributed by atoms with E-state index >= 15 is 0 Å². The van der Waals surface area contributed by atoms with Gasteiger partial charge in [0.15, 0.2) is 0 Å². The quantitative estimate of drug-likeness (QED) is 0.753. The fraction of sp³-hybridized carbons (Fsp3) is 0.333. The molecule has 0 radical (unpaired) electrons. The van der Waals surface area contributed by atoms with Crippen molar-refractivity contribution in [2.24, 2.45) is 0 Å². The van der Waals surface area contributed by atoms with Crippen LogP contribution in [-0.4, -0.2) is 42.3 Å². The molecule has 7 heteroatoms. The maximum atomic E-state index is 12.1. The first-order chi connectivity index (χ1) is 13.6. The minimum absolute atomic E-state index is 0.132. The van der Waals surface area contributed by atoms with E-state index in [-0.39, 0.29) is 6.04 Å². The largest absolute Gasteiger partial charge is 0.466 e. The van der Waals surface area contributed by atoms with E-state index in [1.165, 1.54) is 0 Å². The van der Waals surface area contributed by atoms with Crippen LogP contribution in [0.3, 0.4) is 0 Å². The highest BCUT2D eigenvalue weighted by Crippen LogP contribution is 2.15. The van der Waals surface area contributed by atoms with Gasteiger partial charge in [-0.05, 0) is 42.4 Å². The summed E-state index contributed by atoms with van der Waals surface area (Å²) in [5.41, 5.74) is 1.98. The molecule has 0 aliphatic carbocycles. The van der Waals surface area contributed by atoms with Crippen molar-refractivity contribution in [2.75, 3.05) is 26.2 Å². The highest BCUT2D eigenvalue weighted by molar-refractivity contribution is 7.80. The molecule has 1 amide bonds. The predicted octanol–water partition coefficient (Wildman–Crippen LogP) is 3.24. The molecule has 28 heavy (non-hydrogen) atoms. The van der Waals surface area contributed by atoms with Gasteiger partial charge in [0, 0.05) is 26.2 Å². The van der Waals surface area contributed by atoms with Gasteiger partial charge in [0.2, 0.25) is 0 Å². The number of carbonyl (C=O) groups is 1. The molecule has 0 unspecified atom stereocenters. The van der Waals surface area contributed by atoms with E-state index in [9.17, 15) is 4.79 Å². The third kappa shape index (κ3) is 5.94. The van der Waals surface area contributed by atoms with Gasteiger partial charge in [0.05, 0.1) is 6.04 Å². The monoisotopic (exact) mass is 399 g/mol. The summed E-state index contributed by atoms with van der Waals surface area (Å²) in [6.07, 6.45) is -0.486. The van der Waals surface area contributed by atoms with Crippen LogP contribution in [-0.2, 0) is 11.3 Å². The van der Waals surface area contributed by atoms with Crippen LogP contribution in [0.4, 0.5) is 4.79 Å². The van der Waals surface area contributed by atoms with Gasteiger partial charge in [-0.1, -0.05) is 42.5 Å². The lowest BCUT2D eigenvalue weighted by atomic mass is 10.1. The maximum Gasteiger partial charge on any atom is 0.413 e. The van der Waals surface area contributed by atoms with E-state index in [0.717, 1.165) is 37.3 Å². The first-order valence-electron chi connectivity index (χ1n) is 9.36. The van der Waals surface area contributed by atoms with Crippen molar-refractivity contribution in [2.45, 2.75) is 19.6 Å². The number of hydrogen-bond donors (Lipinski definition) is 2. The molecule has 1 aliphatic heterocycles. The molecule has 6 nitrogen and oxygen atoms in total. The van der Waals surface area contributed by atoms with E-state index < -0.39 is 6.09 Å². The van der Waals surface area contributed by atoms with Crippen LogP contribution in [0.25, 0.3) is 0 Å². The maximum absolute atomic E-state index is 12.1. The number of amides is 1. The zero-order valence-corrected chi connectivity index (χ0v) is 16.7. The van der Waals surface area contributed by atoms with Gasteiger partial charge in [-0.15, -0.1) is 0 Å². The van der Waals surface area contributed by atoms with Gasteiger partial charge in [0.1, 0.15) is 12.4 Å². The standard InChI is InChI=1S/C21H25N3O3S/c1-16(18-5-3-2-4-6-18)23-20(25)27-19-9-7-17(8-10-19)15-26-21(28)24-13-11-22-12-14-24/h2-10,16,22H,11-15H2,1H3,(H,23,25)/t16-/m0/s1. The van der Waals surface area contributed by atoms with Crippen LogP contribution >= 0.6 is 12.2 Å². The summed E-state index contributed by atoms with van der Waals surface area (Å²) >= 11 is 5.33. The Kier molecular flexibility index (Phi) is 7.22. The second kappa shape index (κ2) is 10.1. The molecule has 0 saturated carbocycles. The molecule has 1 heterocycles. The summed E-state index contributed by atoms with van der Waals surface area (Å²) in [6.45, 7) is 5.86. The minimum Gasteiger partial charge on any atom is -0.466 e. The van der Waals surface area contributed by atoms with Crippen molar-refractivity contribution >= 4 is 23.5 Å². The molecule has 148 valence electrons. The SMILES string of the molecule is C[C@H](NC(=O)Oc1ccc(COC(=S)N2CCNCC2)cc1)c1ccccc1. The molecular weight excluding hydrogens is 374 g/mol. The fourth-order valence-corrected chi connectivity index (χ4v) is 3.12. The summed E-state index contributed by atoms with van der Waals surface area (Å²) in [4.78, 5) is 14.1. The lowest BCUT2D eigenvalue weighted by Crippen LogP contribution is -2.46. The Labute approximate surface area is 170 Å². The summed E-state index contributed by atoms with van der Waals surface area (Å²) < 4.78 is 11.1.